The van der Waals surface area contributed by atoms with Crippen molar-refractivity contribution >= 4 is 5.91 Å². The summed E-state index contributed by atoms with van der Waals surface area (Å²) in [6, 6.07) is 0.724. The fourth-order valence-electron chi connectivity index (χ4n) is 1.79. The molecule has 0 aliphatic rings. The lowest BCUT2D eigenvalue weighted by Gasteiger charge is -2.38. The van der Waals surface area contributed by atoms with E-state index in [0.717, 1.165) is 6.42 Å². The van der Waals surface area contributed by atoms with Crippen molar-refractivity contribution in [3.63, 3.8) is 0 Å². The van der Waals surface area contributed by atoms with Gasteiger partial charge in [0.2, 0.25) is 5.91 Å². The Balaban J connectivity index is 4.43. The standard InChI is InChI=1S/C11H24N2O/c1-7-8-11(14)12(6)13(9(2)3)10(4)5/h9-10H,7-8H2,1-6H3. The highest BCUT2D eigenvalue weighted by Gasteiger charge is 2.21. The van der Waals surface area contributed by atoms with Gasteiger partial charge in [-0.25, -0.2) is 5.01 Å². The number of nitrogens with zero attached hydrogens (tertiary/aromatic N) is 2. The molecule has 0 heterocycles. The topological polar surface area (TPSA) is 23.6 Å². The summed E-state index contributed by atoms with van der Waals surface area (Å²) < 4.78 is 0. The van der Waals surface area contributed by atoms with E-state index in [9.17, 15) is 4.79 Å². The average Bonchev–Trinajstić information content (AvgIpc) is 2.03. The minimum Gasteiger partial charge on any atom is -0.278 e. The first kappa shape index (κ1) is 13.4. The summed E-state index contributed by atoms with van der Waals surface area (Å²) in [5.41, 5.74) is 0. The molecular weight excluding hydrogens is 176 g/mol. The third-order valence-corrected chi connectivity index (χ3v) is 2.23. The van der Waals surface area contributed by atoms with Gasteiger partial charge in [0.05, 0.1) is 0 Å². The molecule has 0 aromatic carbocycles. The molecule has 0 unspecified atom stereocenters. The second kappa shape index (κ2) is 6.02. The lowest BCUT2D eigenvalue weighted by atomic mass is 10.2. The number of carbonyl (C=O) groups excluding carboxylic acids is 1. The van der Waals surface area contributed by atoms with Crippen molar-refractivity contribution in [2.75, 3.05) is 7.05 Å². The van der Waals surface area contributed by atoms with Crippen LogP contribution >= 0.6 is 0 Å². The molecule has 0 aromatic heterocycles. The van der Waals surface area contributed by atoms with E-state index in [1.54, 1.807) is 5.01 Å². The van der Waals surface area contributed by atoms with Crippen molar-refractivity contribution < 1.29 is 4.79 Å². The number of rotatable bonds is 5. The van der Waals surface area contributed by atoms with E-state index in [1.165, 1.54) is 0 Å². The Morgan fingerprint density at radius 1 is 1.14 bits per heavy atom. The fraction of sp³-hybridized carbons (Fsp3) is 0.909. The SMILES string of the molecule is CCCC(=O)N(C)N(C(C)C)C(C)C. The highest BCUT2D eigenvalue weighted by Crippen LogP contribution is 2.09. The van der Waals surface area contributed by atoms with E-state index < -0.39 is 0 Å². The van der Waals surface area contributed by atoms with Crippen molar-refractivity contribution in [3.8, 4) is 0 Å². The second-order valence-electron chi connectivity index (χ2n) is 4.23. The van der Waals surface area contributed by atoms with Gasteiger partial charge in [0.1, 0.15) is 0 Å². The lowest BCUT2D eigenvalue weighted by Crippen LogP contribution is -2.51. The Morgan fingerprint density at radius 3 is 1.86 bits per heavy atom. The molecule has 14 heavy (non-hydrogen) atoms. The van der Waals surface area contributed by atoms with Gasteiger partial charge >= 0.3 is 0 Å². The van der Waals surface area contributed by atoms with Gasteiger partial charge < -0.3 is 0 Å². The molecule has 0 saturated carbocycles. The minimum atomic E-state index is 0.204. The smallest absolute Gasteiger partial charge is 0.236 e. The van der Waals surface area contributed by atoms with Crippen molar-refractivity contribution in [3.05, 3.63) is 0 Å². The monoisotopic (exact) mass is 200 g/mol. The molecule has 0 aliphatic heterocycles. The lowest BCUT2D eigenvalue weighted by molar-refractivity contribution is -0.152. The molecule has 84 valence electrons. The van der Waals surface area contributed by atoms with Crippen LogP contribution in [0.2, 0.25) is 0 Å². The molecule has 0 bridgehead atoms. The fourth-order valence-corrected chi connectivity index (χ4v) is 1.79. The quantitative estimate of drug-likeness (QED) is 0.636. The predicted molar refractivity (Wildman–Crippen MR) is 59.8 cm³/mol. The van der Waals surface area contributed by atoms with E-state index in [-0.39, 0.29) is 5.91 Å². The van der Waals surface area contributed by atoms with Gasteiger partial charge in [0.15, 0.2) is 0 Å². The van der Waals surface area contributed by atoms with Gasteiger partial charge in [0.25, 0.3) is 0 Å². The molecule has 0 atom stereocenters. The Morgan fingerprint density at radius 2 is 1.57 bits per heavy atom. The molecule has 0 rings (SSSR count). The van der Waals surface area contributed by atoms with Crippen LogP contribution in [-0.4, -0.2) is 35.1 Å². The number of amides is 1. The highest BCUT2D eigenvalue weighted by molar-refractivity contribution is 5.75. The molecule has 3 nitrogen and oxygen atoms in total. The van der Waals surface area contributed by atoms with Crippen LogP contribution in [-0.2, 0) is 4.79 Å². The summed E-state index contributed by atoms with van der Waals surface area (Å²) in [5.74, 6) is 0.204. The van der Waals surface area contributed by atoms with Crippen molar-refractivity contribution in [2.24, 2.45) is 0 Å². The van der Waals surface area contributed by atoms with Crippen molar-refractivity contribution in [1.82, 2.24) is 10.0 Å². The Hall–Kier alpha value is -0.570. The van der Waals surface area contributed by atoms with E-state index in [0.29, 0.717) is 18.5 Å². The van der Waals surface area contributed by atoms with E-state index in [2.05, 4.69) is 32.7 Å². The third kappa shape index (κ3) is 3.66. The summed E-state index contributed by atoms with van der Waals surface area (Å²) in [7, 11) is 1.86. The third-order valence-electron chi connectivity index (χ3n) is 2.23. The molecular formula is C11H24N2O. The average molecular weight is 200 g/mol. The highest BCUT2D eigenvalue weighted by atomic mass is 16.2. The van der Waals surface area contributed by atoms with Crippen molar-refractivity contribution in [1.29, 1.82) is 0 Å². The normalized spacial score (nSPS) is 11.5. The molecule has 3 heteroatoms. The van der Waals surface area contributed by atoms with Crippen LogP contribution in [0.3, 0.4) is 0 Å². The molecule has 1 amide bonds. The van der Waals surface area contributed by atoms with E-state index >= 15 is 0 Å². The maximum absolute atomic E-state index is 11.7. The van der Waals surface area contributed by atoms with Gasteiger partial charge in [-0.2, -0.15) is 0 Å². The maximum Gasteiger partial charge on any atom is 0.236 e. The van der Waals surface area contributed by atoms with Gasteiger partial charge in [-0.05, 0) is 34.1 Å². The van der Waals surface area contributed by atoms with Crippen molar-refractivity contribution in [2.45, 2.75) is 59.5 Å². The summed E-state index contributed by atoms with van der Waals surface area (Å²) in [4.78, 5) is 11.7. The first-order valence-electron chi connectivity index (χ1n) is 5.46. The van der Waals surface area contributed by atoms with Gasteiger partial charge in [-0.1, -0.05) is 6.92 Å². The Bertz CT molecular complexity index is 170. The zero-order valence-corrected chi connectivity index (χ0v) is 10.4. The van der Waals surface area contributed by atoms with Crippen LogP contribution in [0, 0.1) is 0 Å². The largest absolute Gasteiger partial charge is 0.278 e. The number of hydrogen-bond acceptors (Lipinski definition) is 2. The first-order valence-corrected chi connectivity index (χ1v) is 5.46. The summed E-state index contributed by atoms with van der Waals surface area (Å²) in [5, 5.41) is 3.87. The van der Waals surface area contributed by atoms with Gasteiger partial charge in [-0.3, -0.25) is 9.80 Å². The van der Waals surface area contributed by atoms with Crippen LogP contribution in [0.5, 0.6) is 0 Å². The Labute approximate surface area is 88.0 Å². The van der Waals surface area contributed by atoms with Crippen LogP contribution in [0.4, 0.5) is 0 Å². The molecule has 0 aliphatic carbocycles. The van der Waals surface area contributed by atoms with Crippen LogP contribution in [0.1, 0.15) is 47.5 Å². The minimum absolute atomic E-state index is 0.204. The van der Waals surface area contributed by atoms with Crippen LogP contribution in [0.25, 0.3) is 0 Å². The van der Waals surface area contributed by atoms with Gasteiger partial charge in [0, 0.05) is 25.6 Å². The van der Waals surface area contributed by atoms with Gasteiger partial charge in [-0.15, -0.1) is 0 Å². The maximum atomic E-state index is 11.7. The second-order valence-corrected chi connectivity index (χ2v) is 4.23. The van der Waals surface area contributed by atoms with Crippen LogP contribution < -0.4 is 0 Å². The molecule has 0 N–H and O–H groups in total. The molecule has 0 aromatic rings. The number of hydrazine groups is 1. The Kier molecular flexibility index (Phi) is 5.77. The zero-order chi connectivity index (χ0) is 11.3. The summed E-state index contributed by atoms with van der Waals surface area (Å²) in [6.45, 7) is 10.5. The summed E-state index contributed by atoms with van der Waals surface area (Å²) in [6.07, 6.45) is 1.54. The zero-order valence-electron chi connectivity index (χ0n) is 10.4. The van der Waals surface area contributed by atoms with E-state index in [4.69, 9.17) is 0 Å². The molecule has 0 radical (unpaired) electrons. The number of carbonyl (C=O) groups is 1. The summed E-state index contributed by atoms with van der Waals surface area (Å²) >= 11 is 0. The van der Waals surface area contributed by atoms with E-state index in [1.807, 2.05) is 14.0 Å². The molecule has 0 saturated heterocycles. The predicted octanol–water partition coefficient (Wildman–Crippen LogP) is 2.28. The first-order chi connectivity index (χ1) is 6.41. The molecule has 0 spiro atoms. The molecule has 0 fully saturated rings. The van der Waals surface area contributed by atoms with Crippen LogP contribution in [0.15, 0.2) is 0 Å². The number of hydrogen-bond donors (Lipinski definition) is 0.